The van der Waals surface area contributed by atoms with Crippen LogP contribution in [-0.4, -0.2) is 17.4 Å². The first-order chi connectivity index (χ1) is 8.82. The van der Waals surface area contributed by atoms with Gasteiger partial charge in [0.1, 0.15) is 0 Å². The molecule has 0 aromatic heterocycles. The standard InChI is InChI=1S/C13H17IN2O3/c1-8(2)9(3)7-15-13(17)11-6-10(16(18)19)4-5-12(11)14/h4-6,8-9H,7H2,1-3H3,(H,15,17). The molecule has 1 N–H and O–H groups in total. The Hall–Kier alpha value is -1.18. The van der Waals surface area contributed by atoms with E-state index in [4.69, 9.17) is 0 Å². The lowest BCUT2D eigenvalue weighted by Crippen LogP contribution is -2.30. The van der Waals surface area contributed by atoms with Crippen LogP contribution in [0.3, 0.4) is 0 Å². The van der Waals surface area contributed by atoms with Gasteiger partial charge in [-0.15, -0.1) is 0 Å². The number of halogens is 1. The summed E-state index contributed by atoms with van der Waals surface area (Å²) >= 11 is 2.00. The molecule has 1 unspecified atom stereocenters. The van der Waals surface area contributed by atoms with E-state index in [0.717, 1.165) is 0 Å². The number of nitrogens with zero attached hydrogens (tertiary/aromatic N) is 1. The minimum absolute atomic E-state index is 0.0672. The van der Waals surface area contributed by atoms with Gasteiger partial charge in [0.15, 0.2) is 0 Å². The van der Waals surface area contributed by atoms with E-state index >= 15 is 0 Å². The summed E-state index contributed by atoms with van der Waals surface area (Å²) in [4.78, 5) is 22.2. The summed E-state index contributed by atoms with van der Waals surface area (Å²) in [6.45, 7) is 6.81. The van der Waals surface area contributed by atoms with E-state index in [1.54, 1.807) is 6.07 Å². The molecule has 1 rings (SSSR count). The largest absolute Gasteiger partial charge is 0.352 e. The molecule has 0 fully saturated rings. The number of nitrogens with one attached hydrogen (secondary N) is 1. The van der Waals surface area contributed by atoms with Gasteiger partial charge >= 0.3 is 0 Å². The predicted molar refractivity (Wildman–Crippen MR) is 82.1 cm³/mol. The molecule has 19 heavy (non-hydrogen) atoms. The number of amides is 1. The summed E-state index contributed by atoms with van der Waals surface area (Å²) in [5.74, 6) is 0.574. The molecule has 0 aliphatic rings. The quantitative estimate of drug-likeness (QED) is 0.487. The Morgan fingerprint density at radius 3 is 2.58 bits per heavy atom. The molecular formula is C13H17IN2O3. The van der Waals surface area contributed by atoms with Crippen LogP contribution in [0.1, 0.15) is 31.1 Å². The third kappa shape index (κ3) is 4.45. The summed E-state index contributed by atoms with van der Waals surface area (Å²) in [5.41, 5.74) is 0.285. The van der Waals surface area contributed by atoms with Crippen LogP contribution in [0.2, 0.25) is 0 Å². The second-order valence-corrected chi connectivity index (χ2v) is 6.01. The second kappa shape index (κ2) is 6.83. The van der Waals surface area contributed by atoms with Crippen LogP contribution in [0.5, 0.6) is 0 Å². The first-order valence-electron chi connectivity index (χ1n) is 6.05. The van der Waals surface area contributed by atoms with Crippen molar-refractivity contribution in [3.63, 3.8) is 0 Å². The van der Waals surface area contributed by atoms with E-state index in [2.05, 4.69) is 26.1 Å². The van der Waals surface area contributed by atoms with Gasteiger partial charge in [0.2, 0.25) is 0 Å². The molecule has 1 amide bonds. The van der Waals surface area contributed by atoms with Crippen LogP contribution in [0.4, 0.5) is 5.69 Å². The number of carbonyl (C=O) groups is 1. The van der Waals surface area contributed by atoms with Gasteiger partial charge in [0, 0.05) is 22.2 Å². The lowest BCUT2D eigenvalue weighted by atomic mass is 9.98. The van der Waals surface area contributed by atoms with Crippen molar-refractivity contribution in [2.24, 2.45) is 11.8 Å². The van der Waals surface area contributed by atoms with Crippen molar-refractivity contribution in [2.75, 3.05) is 6.54 Å². The number of carbonyl (C=O) groups excluding carboxylic acids is 1. The van der Waals surface area contributed by atoms with Gasteiger partial charge in [0.05, 0.1) is 10.5 Å². The van der Waals surface area contributed by atoms with E-state index < -0.39 is 4.92 Å². The number of rotatable bonds is 5. The van der Waals surface area contributed by atoms with E-state index in [0.29, 0.717) is 27.5 Å². The van der Waals surface area contributed by atoms with Gasteiger partial charge < -0.3 is 5.32 Å². The van der Waals surface area contributed by atoms with Crippen molar-refractivity contribution < 1.29 is 9.72 Å². The number of hydrogen-bond acceptors (Lipinski definition) is 3. The Bertz CT molecular complexity index is 489. The molecule has 0 aliphatic heterocycles. The molecule has 5 nitrogen and oxygen atoms in total. The average Bonchev–Trinajstić information content (AvgIpc) is 2.35. The fourth-order valence-corrected chi connectivity index (χ4v) is 1.97. The highest BCUT2D eigenvalue weighted by Gasteiger charge is 2.16. The molecule has 0 spiro atoms. The molecule has 6 heteroatoms. The maximum atomic E-state index is 12.0. The van der Waals surface area contributed by atoms with Crippen molar-refractivity contribution in [2.45, 2.75) is 20.8 Å². The Balaban J connectivity index is 2.82. The Labute approximate surface area is 126 Å². The van der Waals surface area contributed by atoms with Crippen molar-refractivity contribution >= 4 is 34.2 Å². The van der Waals surface area contributed by atoms with Crippen LogP contribution in [0, 0.1) is 25.5 Å². The maximum Gasteiger partial charge on any atom is 0.270 e. The van der Waals surface area contributed by atoms with Crippen molar-refractivity contribution in [1.82, 2.24) is 5.32 Å². The van der Waals surface area contributed by atoms with Crippen molar-refractivity contribution in [3.8, 4) is 0 Å². The summed E-state index contributed by atoms with van der Waals surface area (Å²) in [6, 6.07) is 4.30. The first kappa shape index (κ1) is 15.9. The van der Waals surface area contributed by atoms with Crippen LogP contribution in [0.25, 0.3) is 0 Å². The van der Waals surface area contributed by atoms with Crippen molar-refractivity contribution in [1.29, 1.82) is 0 Å². The highest BCUT2D eigenvalue weighted by atomic mass is 127. The van der Waals surface area contributed by atoms with Crippen molar-refractivity contribution in [3.05, 3.63) is 37.4 Å². The fraction of sp³-hybridized carbons (Fsp3) is 0.462. The summed E-state index contributed by atoms with van der Waals surface area (Å²) in [6.07, 6.45) is 0. The number of nitro benzene ring substituents is 1. The van der Waals surface area contributed by atoms with Crippen LogP contribution >= 0.6 is 22.6 Å². The second-order valence-electron chi connectivity index (χ2n) is 4.85. The van der Waals surface area contributed by atoms with Gasteiger partial charge in [-0.3, -0.25) is 14.9 Å². The molecule has 0 bridgehead atoms. The zero-order chi connectivity index (χ0) is 14.6. The first-order valence-corrected chi connectivity index (χ1v) is 7.13. The number of non-ortho nitro benzene ring substituents is 1. The Kier molecular flexibility index (Phi) is 5.71. The average molecular weight is 376 g/mol. The number of benzene rings is 1. The topological polar surface area (TPSA) is 72.2 Å². The molecule has 0 heterocycles. The van der Waals surface area contributed by atoms with Gasteiger partial charge in [-0.05, 0) is 40.5 Å². The summed E-state index contributed by atoms with van der Waals surface area (Å²) in [7, 11) is 0. The maximum absolute atomic E-state index is 12.0. The molecule has 0 aliphatic carbocycles. The lowest BCUT2D eigenvalue weighted by molar-refractivity contribution is -0.384. The molecule has 1 aromatic rings. The highest BCUT2D eigenvalue weighted by Crippen LogP contribution is 2.19. The predicted octanol–water partition coefficient (Wildman–Crippen LogP) is 3.22. The summed E-state index contributed by atoms with van der Waals surface area (Å²) < 4.78 is 0.706. The van der Waals surface area contributed by atoms with Crippen LogP contribution in [0.15, 0.2) is 18.2 Å². The normalized spacial score (nSPS) is 12.3. The van der Waals surface area contributed by atoms with Crippen LogP contribution < -0.4 is 5.32 Å². The van der Waals surface area contributed by atoms with E-state index in [-0.39, 0.29) is 11.6 Å². The number of nitro groups is 1. The minimum atomic E-state index is -0.496. The Morgan fingerprint density at radius 2 is 2.05 bits per heavy atom. The fourth-order valence-electron chi connectivity index (χ4n) is 1.39. The monoisotopic (exact) mass is 376 g/mol. The van der Waals surface area contributed by atoms with E-state index in [1.165, 1.54) is 12.1 Å². The molecular weight excluding hydrogens is 359 g/mol. The third-order valence-electron chi connectivity index (χ3n) is 3.13. The Morgan fingerprint density at radius 1 is 1.42 bits per heavy atom. The summed E-state index contributed by atoms with van der Waals surface area (Å²) in [5, 5.41) is 13.5. The van der Waals surface area contributed by atoms with Gasteiger partial charge in [0.25, 0.3) is 11.6 Å². The molecule has 104 valence electrons. The molecule has 0 saturated carbocycles. The van der Waals surface area contributed by atoms with Crippen LogP contribution in [-0.2, 0) is 0 Å². The van der Waals surface area contributed by atoms with Gasteiger partial charge in [-0.2, -0.15) is 0 Å². The third-order valence-corrected chi connectivity index (χ3v) is 4.07. The van der Waals surface area contributed by atoms with Gasteiger partial charge in [-0.25, -0.2) is 0 Å². The molecule has 1 aromatic carbocycles. The lowest BCUT2D eigenvalue weighted by Gasteiger charge is -2.16. The zero-order valence-electron chi connectivity index (χ0n) is 11.1. The van der Waals surface area contributed by atoms with E-state index in [1.807, 2.05) is 22.6 Å². The SMILES string of the molecule is CC(C)C(C)CNC(=O)c1cc([N+](=O)[O-])ccc1I. The zero-order valence-corrected chi connectivity index (χ0v) is 13.3. The molecule has 0 saturated heterocycles. The smallest absolute Gasteiger partial charge is 0.270 e. The highest BCUT2D eigenvalue weighted by molar-refractivity contribution is 14.1. The molecule has 1 atom stereocenters. The number of hydrogen-bond donors (Lipinski definition) is 1. The van der Waals surface area contributed by atoms with E-state index in [9.17, 15) is 14.9 Å². The molecule has 0 radical (unpaired) electrons. The minimum Gasteiger partial charge on any atom is -0.352 e. The van der Waals surface area contributed by atoms with Gasteiger partial charge in [-0.1, -0.05) is 20.8 Å².